The summed E-state index contributed by atoms with van der Waals surface area (Å²) in [5.41, 5.74) is 0.652. The summed E-state index contributed by atoms with van der Waals surface area (Å²) in [6.45, 7) is 0.202. The van der Waals surface area contributed by atoms with Crippen LogP contribution in [0, 0.1) is 0 Å². The first-order valence-electron chi connectivity index (χ1n) is 9.10. The van der Waals surface area contributed by atoms with Gasteiger partial charge in [-0.2, -0.15) is 13.2 Å². The lowest BCUT2D eigenvalue weighted by Crippen LogP contribution is -2.20. The van der Waals surface area contributed by atoms with Crippen molar-refractivity contribution in [2.75, 3.05) is 25.6 Å². The molecule has 1 N–H and O–H groups in total. The van der Waals surface area contributed by atoms with E-state index in [0.29, 0.717) is 23.5 Å². The third-order valence-corrected chi connectivity index (χ3v) is 3.93. The zero-order valence-electron chi connectivity index (χ0n) is 16.5. The van der Waals surface area contributed by atoms with Crippen molar-refractivity contribution in [3.63, 3.8) is 0 Å². The van der Waals surface area contributed by atoms with Crippen LogP contribution in [0.15, 0.2) is 42.5 Å². The zero-order chi connectivity index (χ0) is 22.1. The largest absolute Gasteiger partial charge is 0.493 e. The number of ketones is 1. The molecule has 0 aliphatic heterocycles. The van der Waals surface area contributed by atoms with Crippen LogP contribution in [0.25, 0.3) is 0 Å². The summed E-state index contributed by atoms with van der Waals surface area (Å²) in [6, 6.07) is 10.7. The van der Waals surface area contributed by atoms with E-state index >= 15 is 0 Å². The maximum atomic E-state index is 12.3. The summed E-state index contributed by atoms with van der Waals surface area (Å²) < 4.78 is 52.6. The molecule has 0 fully saturated rings. The molecule has 0 aromatic heterocycles. The molecule has 30 heavy (non-hydrogen) atoms. The van der Waals surface area contributed by atoms with Crippen molar-refractivity contribution >= 4 is 17.4 Å². The number of alkyl halides is 3. The van der Waals surface area contributed by atoms with Crippen molar-refractivity contribution in [3.05, 3.63) is 48.0 Å². The molecule has 0 unspecified atom stereocenters. The van der Waals surface area contributed by atoms with E-state index in [2.05, 4.69) is 5.32 Å². The standard InChI is InChI=1S/C21H22F3NO5/c1-14(26)15-9-10-18(19(12-15)28-2)29-11-5-8-20(27)25-16-6-3-4-7-17(16)30-13-21(22,23)24/h3-4,6-7,9-10,12H,5,8,11,13H2,1-2H3,(H,25,27). The molecule has 0 aliphatic rings. The predicted octanol–water partition coefficient (Wildman–Crippen LogP) is 4.64. The van der Waals surface area contributed by atoms with Gasteiger partial charge in [0.15, 0.2) is 23.9 Å². The van der Waals surface area contributed by atoms with Crippen molar-refractivity contribution < 1.29 is 37.0 Å². The molecule has 0 aliphatic carbocycles. The first-order chi connectivity index (χ1) is 14.2. The van der Waals surface area contributed by atoms with Crippen LogP contribution in [0.5, 0.6) is 17.2 Å². The molecule has 9 heteroatoms. The average molecular weight is 425 g/mol. The van der Waals surface area contributed by atoms with Crippen molar-refractivity contribution in [2.24, 2.45) is 0 Å². The molecule has 0 radical (unpaired) electrons. The van der Waals surface area contributed by atoms with Gasteiger partial charge in [-0.05, 0) is 43.7 Å². The van der Waals surface area contributed by atoms with E-state index in [4.69, 9.17) is 14.2 Å². The quantitative estimate of drug-likeness (QED) is 0.444. The molecular formula is C21H22F3NO5. The molecule has 0 bridgehead atoms. The van der Waals surface area contributed by atoms with Gasteiger partial charge in [-0.15, -0.1) is 0 Å². The number of anilines is 1. The zero-order valence-corrected chi connectivity index (χ0v) is 16.5. The van der Waals surface area contributed by atoms with E-state index in [-0.39, 0.29) is 36.2 Å². The SMILES string of the molecule is COc1cc(C(C)=O)ccc1OCCCC(=O)Nc1ccccc1OCC(F)(F)F. The van der Waals surface area contributed by atoms with Crippen molar-refractivity contribution in [1.82, 2.24) is 0 Å². The Bertz CT molecular complexity index is 883. The first kappa shape index (κ1) is 23.1. The highest BCUT2D eigenvalue weighted by Crippen LogP contribution is 2.29. The third kappa shape index (κ3) is 7.31. The summed E-state index contributed by atoms with van der Waals surface area (Å²) >= 11 is 0. The van der Waals surface area contributed by atoms with E-state index in [1.54, 1.807) is 24.3 Å². The highest BCUT2D eigenvalue weighted by atomic mass is 19.4. The highest BCUT2D eigenvalue weighted by molar-refractivity contribution is 5.94. The van der Waals surface area contributed by atoms with Gasteiger partial charge in [0.05, 0.1) is 19.4 Å². The van der Waals surface area contributed by atoms with Gasteiger partial charge in [0.1, 0.15) is 5.75 Å². The van der Waals surface area contributed by atoms with Crippen molar-refractivity contribution in [2.45, 2.75) is 25.9 Å². The second-order valence-corrected chi connectivity index (χ2v) is 6.32. The van der Waals surface area contributed by atoms with Crippen molar-refractivity contribution in [1.29, 1.82) is 0 Å². The molecule has 162 valence electrons. The minimum Gasteiger partial charge on any atom is -0.493 e. The van der Waals surface area contributed by atoms with Gasteiger partial charge < -0.3 is 19.5 Å². The monoisotopic (exact) mass is 425 g/mol. The lowest BCUT2D eigenvalue weighted by Gasteiger charge is -2.14. The molecule has 0 saturated heterocycles. The number of ether oxygens (including phenoxy) is 3. The molecule has 2 rings (SSSR count). The third-order valence-electron chi connectivity index (χ3n) is 3.93. The molecule has 1 amide bonds. The molecule has 6 nitrogen and oxygen atoms in total. The van der Waals surface area contributed by atoms with Crippen molar-refractivity contribution in [3.8, 4) is 17.2 Å². The van der Waals surface area contributed by atoms with Crippen LogP contribution >= 0.6 is 0 Å². The number of hydrogen-bond donors (Lipinski definition) is 1. The Morgan fingerprint density at radius 2 is 1.73 bits per heavy atom. The molecule has 2 aromatic rings. The second-order valence-electron chi connectivity index (χ2n) is 6.32. The summed E-state index contributed by atoms with van der Waals surface area (Å²) in [5, 5.41) is 2.54. The van der Waals surface area contributed by atoms with Gasteiger partial charge in [-0.1, -0.05) is 12.1 Å². The Labute approximate surface area is 171 Å². The number of rotatable bonds is 10. The minimum atomic E-state index is -4.47. The van der Waals surface area contributed by atoms with Crippen LogP contribution in [0.2, 0.25) is 0 Å². The minimum absolute atomic E-state index is 0.0604. The summed E-state index contributed by atoms with van der Waals surface area (Å²) in [4.78, 5) is 23.5. The Balaban J connectivity index is 1.84. The number of carbonyl (C=O) groups is 2. The Morgan fingerprint density at radius 3 is 2.40 bits per heavy atom. The Hall–Kier alpha value is -3.23. The smallest absolute Gasteiger partial charge is 0.422 e. The van der Waals surface area contributed by atoms with Crippen LogP contribution in [-0.4, -0.2) is 38.2 Å². The average Bonchev–Trinajstić information content (AvgIpc) is 2.69. The number of benzene rings is 2. The fourth-order valence-corrected chi connectivity index (χ4v) is 2.49. The Morgan fingerprint density at radius 1 is 1.00 bits per heavy atom. The van der Waals surface area contributed by atoms with E-state index < -0.39 is 12.8 Å². The summed E-state index contributed by atoms with van der Waals surface area (Å²) in [5.74, 6) is 0.294. The van der Waals surface area contributed by atoms with Crippen LogP contribution < -0.4 is 19.5 Å². The fourth-order valence-electron chi connectivity index (χ4n) is 2.49. The van der Waals surface area contributed by atoms with Gasteiger partial charge >= 0.3 is 6.18 Å². The molecule has 0 saturated carbocycles. The van der Waals surface area contributed by atoms with E-state index in [9.17, 15) is 22.8 Å². The highest BCUT2D eigenvalue weighted by Gasteiger charge is 2.28. The number of amides is 1. The number of hydrogen-bond acceptors (Lipinski definition) is 5. The van der Waals surface area contributed by atoms with Gasteiger partial charge in [-0.25, -0.2) is 0 Å². The predicted molar refractivity (Wildman–Crippen MR) is 104 cm³/mol. The van der Waals surface area contributed by atoms with Gasteiger partial charge in [-0.3, -0.25) is 9.59 Å². The van der Waals surface area contributed by atoms with E-state index in [0.717, 1.165) is 0 Å². The van der Waals surface area contributed by atoms with Gasteiger partial charge in [0, 0.05) is 12.0 Å². The van der Waals surface area contributed by atoms with E-state index in [1.807, 2.05) is 0 Å². The number of para-hydroxylation sites is 2. The first-order valence-corrected chi connectivity index (χ1v) is 9.10. The number of methoxy groups -OCH3 is 1. The molecule has 2 aromatic carbocycles. The molecular weight excluding hydrogens is 403 g/mol. The number of carbonyl (C=O) groups excluding carboxylic acids is 2. The van der Waals surface area contributed by atoms with Crippen LogP contribution in [-0.2, 0) is 4.79 Å². The lowest BCUT2D eigenvalue weighted by atomic mass is 10.1. The Kier molecular flexibility index (Phi) is 8.08. The molecule has 0 heterocycles. The normalized spacial score (nSPS) is 11.0. The second kappa shape index (κ2) is 10.5. The lowest BCUT2D eigenvalue weighted by molar-refractivity contribution is -0.153. The maximum Gasteiger partial charge on any atom is 0.422 e. The van der Waals surface area contributed by atoms with Crippen LogP contribution in [0.1, 0.15) is 30.1 Å². The molecule has 0 spiro atoms. The summed E-state index contributed by atoms with van der Waals surface area (Å²) in [6.07, 6.45) is -4.03. The number of nitrogens with one attached hydrogen (secondary N) is 1. The van der Waals surface area contributed by atoms with Gasteiger partial charge in [0.25, 0.3) is 0 Å². The fraction of sp³-hybridized carbons (Fsp3) is 0.333. The summed E-state index contributed by atoms with van der Waals surface area (Å²) in [7, 11) is 1.46. The number of halogens is 3. The van der Waals surface area contributed by atoms with Crippen LogP contribution in [0.3, 0.4) is 0 Å². The topological polar surface area (TPSA) is 73.9 Å². The van der Waals surface area contributed by atoms with Gasteiger partial charge in [0.2, 0.25) is 5.91 Å². The maximum absolute atomic E-state index is 12.3. The molecule has 0 atom stereocenters. The number of Topliss-reactive ketones (excluding diaryl/α,β-unsaturated/α-hetero) is 1. The van der Waals surface area contributed by atoms with E-state index in [1.165, 1.54) is 32.2 Å². The van der Waals surface area contributed by atoms with Crippen LogP contribution in [0.4, 0.5) is 18.9 Å².